The fourth-order valence-corrected chi connectivity index (χ4v) is 0.536. The zero-order valence-electron chi connectivity index (χ0n) is 4.64. The molecule has 1 nitrogen and oxygen atoms in total. The molecule has 0 N–H and O–H groups in total. The Kier molecular flexibility index (Phi) is 9.74. The van der Waals surface area contributed by atoms with Crippen LogP contribution in [0.5, 0.6) is 0 Å². The van der Waals surface area contributed by atoms with Crippen LogP contribution >= 0.6 is 15.9 Å². The molecule has 0 spiro atoms. The van der Waals surface area contributed by atoms with E-state index in [4.69, 9.17) is 0 Å². The molecule has 0 unspecified atom stereocenters. The van der Waals surface area contributed by atoms with E-state index < -0.39 is 0 Å². The minimum atomic E-state index is 0. The second-order valence-corrected chi connectivity index (χ2v) is 2.02. The van der Waals surface area contributed by atoms with Gasteiger partial charge in [0, 0.05) is 0 Å². The standard InChI is InChI=1S/C5H3BrN.BrH.Mg/c6-5-2-1-3-7-4-5;;/h1-2,4H;1H;/q-1;;+2/p-1. The van der Waals surface area contributed by atoms with E-state index in [2.05, 4.69) is 27.1 Å². The van der Waals surface area contributed by atoms with E-state index in [-0.39, 0.29) is 40.0 Å². The van der Waals surface area contributed by atoms with Gasteiger partial charge < -0.3 is 22.0 Å². The zero-order chi connectivity index (χ0) is 5.11. The summed E-state index contributed by atoms with van der Waals surface area (Å²) in [5, 5.41) is 0. The van der Waals surface area contributed by atoms with Crippen LogP contribution in [0.1, 0.15) is 0 Å². The first-order valence-electron chi connectivity index (χ1n) is 1.87. The molecule has 1 aromatic rings. The van der Waals surface area contributed by atoms with E-state index in [0.29, 0.717) is 0 Å². The van der Waals surface area contributed by atoms with Crippen molar-refractivity contribution in [1.29, 1.82) is 0 Å². The molecule has 0 aliphatic heterocycles. The van der Waals surface area contributed by atoms with Crippen molar-refractivity contribution in [1.82, 2.24) is 4.98 Å². The minimum Gasteiger partial charge on any atom is -1.00 e. The van der Waals surface area contributed by atoms with Gasteiger partial charge in [0.25, 0.3) is 0 Å². The molecule has 9 heavy (non-hydrogen) atoms. The van der Waals surface area contributed by atoms with E-state index in [0.717, 1.165) is 4.47 Å². The number of hydrogen-bond donors (Lipinski definition) is 0. The van der Waals surface area contributed by atoms with Crippen molar-refractivity contribution in [2.45, 2.75) is 0 Å². The van der Waals surface area contributed by atoms with E-state index in [1.54, 1.807) is 12.3 Å². The van der Waals surface area contributed by atoms with Crippen LogP contribution in [0.2, 0.25) is 0 Å². The molecule has 0 radical (unpaired) electrons. The van der Waals surface area contributed by atoms with Crippen LogP contribution in [0.25, 0.3) is 0 Å². The molecule has 0 fully saturated rings. The maximum atomic E-state index is 3.71. The Morgan fingerprint density at radius 2 is 2.22 bits per heavy atom. The molecule has 1 heterocycles. The van der Waals surface area contributed by atoms with Gasteiger partial charge in [0.05, 0.1) is 0 Å². The van der Waals surface area contributed by atoms with Gasteiger partial charge in [-0.1, -0.05) is 32.8 Å². The van der Waals surface area contributed by atoms with Crippen LogP contribution in [0, 0.1) is 6.20 Å². The number of rotatable bonds is 0. The molecule has 0 saturated heterocycles. The molecular weight excluding hydrogens is 258 g/mol. The fourth-order valence-electron chi connectivity index (χ4n) is 0.302. The third-order valence-electron chi connectivity index (χ3n) is 0.580. The average Bonchev–Trinajstić information content (AvgIpc) is 1.69. The van der Waals surface area contributed by atoms with E-state index in [1.165, 1.54) is 0 Å². The molecule has 0 aromatic carbocycles. The Balaban J connectivity index is 0. The first-order chi connectivity index (χ1) is 3.39. The van der Waals surface area contributed by atoms with E-state index in [1.807, 2.05) is 6.07 Å². The first-order valence-corrected chi connectivity index (χ1v) is 2.66. The monoisotopic (exact) mass is 259 g/mol. The normalized spacial score (nSPS) is 6.78. The topological polar surface area (TPSA) is 12.9 Å². The third kappa shape index (κ3) is 5.33. The molecule has 0 aliphatic carbocycles. The molecule has 0 amide bonds. The second-order valence-electron chi connectivity index (χ2n) is 1.11. The van der Waals surface area contributed by atoms with Gasteiger partial charge in [-0.05, 0) is 0 Å². The molecule has 0 aliphatic rings. The van der Waals surface area contributed by atoms with Crippen LogP contribution < -0.4 is 17.0 Å². The van der Waals surface area contributed by atoms with Gasteiger partial charge in [-0.25, -0.2) is 0 Å². The van der Waals surface area contributed by atoms with Crippen molar-refractivity contribution in [3.05, 3.63) is 29.0 Å². The Morgan fingerprint density at radius 3 is 2.44 bits per heavy atom. The molecular formula is C5H3Br2MgN. The van der Waals surface area contributed by atoms with Crippen molar-refractivity contribution in [3.63, 3.8) is 0 Å². The summed E-state index contributed by atoms with van der Waals surface area (Å²) in [6.45, 7) is 0. The predicted molar refractivity (Wildman–Crippen MR) is 36.5 cm³/mol. The zero-order valence-corrected chi connectivity index (χ0v) is 9.23. The summed E-state index contributed by atoms with van der Waals surface area (Å²) < 4.78 is 0.992. The largest absolute Gasteiger partial charge is 2.00 e. The molecule has 1 rings (SSSR count). The third-order valence-corrected chi connectivity index (χ3v) is 1.05. The predicted octanol–water partition coefficient (Wildman–Crippen LogP) is -1.73. The fraction of sp³-hybridized carbons (Fsp3) is 0. The summed E-state index contributed by atoms with van der Waals surface area (Å²) in [6, 6.07) is 3.64. The van der Waals surface area contributed by atoms with Gasteiger partial charge in [-0.2, -0.15) is 12.1 Å². The van der Waals surface area contributed by atoms with Crippen molar-refractivity contribution in [3.8, 4) is 0 Å². The van der Waals surface area contributed by atoms with Crippen LogP contribution in [0.3, 0.4) is 0 Å². The molecule has 44 valence electrons. The van der Waals surface area contributed by atoms with Crippen molar-refractivity contribution in [2.24, 2.45) is 0 Å². The quantitative estimate of drug-likeness (QED) is 0.399. The SMILES string of the molecule is Brc1cc[c-]nc1.[Br-].[Mg+2]. The number of nitrogens with zero attached hydrogens (tertiary/aromatic N) is 1. The number of hydrogen-bond acceptors (Lipinski definition) is 1. The van der Waals surface area contributed by atoms with Gasteiger partial charge >= 0.3 is 23.1 Å². The van der Waals surface area contributed by atoms with Gasteiger partial charge in [0.2, 0.25) is 0 Å². The summed E-state index contributed by atoms with van der Waals surface area (Å²) in [5.74, 6) is 0. The number of aromatic nitrogens is 1. The number of pyridine rings is 1. The van der Waals surface area contributed by atoms with Crippen LogP contribution in [0.4, 0.5) is 0 Å². The molecule has 0 bridgehead atoms. The summed E-state index contributed by atoms with van der Waals surface area (Å²) in [5.41, 5.74) is 0. The minimum absolute atomic E-state index is 0. The summed E-state index contributed by atoms with van der Waals surface area (Å²) in [4.78, 5) is 3.71. The van der Waals surface area contributed by atoms with Crippen LogP contribution in [-0.2, 0) is 0 Å². The average molecular weight is 261 g/mol. The smallest absolute Gasteiger partial charge is 1.00 e. The van der Waals surface area contributed by atoms with Crippen molar-refractivity contribution < 1.29 is 17.0 Å². The molecule has 4 heteroatoms. The summed E-state index contributed by atoms with van der Waals surface area (Å²) >= 11 is 3.23. The van der Waals surface area contributed by atoms with Gasteiger partial charge in [0.15, 0.2) is 0 Å². The Labute approximate surface area is 89.3 Å². The maximum Gasteiger partial charge on any atom is 2.00 e. The maximum absolute atomic E-state index is 3.71. The van der Waals surface area contributed by atoms with Gasteiger partial charge in [-0.3, -0.25) is 0 Å². The summed E-state index contributed by atoms with van der Waals surface area (Å²) in [7, 11) is 0. The van der Waals surface area contributed by atoms with Gasteiger partial charge in [-0.15, -0.1) is 0 Å². The Hall–Kier alpha value is 0.876. The Morgan fingerprint density at radius 1 is 1.56 bits per heavy atom. The van der Waals surface area contributed by atoms with E-state index in [9.17, 15) is 0 Å². The van der Waals surface area contributed by atoms with Crippen molar-refractivity contribution in [2.75, 3.05) is 0 Å². The van der Waals surface area contributed by atoms with Crippen molar-refractivity contribution >= 4 is 39.0 Å². The first kappa shape index (κ1) is 12.5. The number of halogens is 2. The molecule has 0 saturated carbocycles. The summed E-state index contributed by atoms with van der Waals surface area (Å²) in [6.07, 6.45) is 4.35. The second kappa shape index (κ2) is 6.99. The van der Waals surface area contributed by atoms with E-state index >= 15 is 0 Å². The van der Waals surface area contributed by atoms with Crippen LogP contribution in [-0.4, -0.2) is 28.0 Å². The van der Waals surface area contributed by atoms with Gasteiger partial charge in [0.1, 0.15) is 0 Å². The Bertz CT molecular complexity index is 145. The molecule has 0 atom stereocenters. The molecule has 1 aromatic heterocycles. The van der Waals surface area contributed by atoms with Crippen LogP contribution in [0.15, 0.2) is 22.8 Å².